The zero-order chi connectivity index (χ0) is 11.3. The quantitative estimate of drug-likeness (QED) is 0.568. The third kappa shape index (κ3) is 3.35. The van der Waals surface area contributed by atoms with E-state index in [1.807, 2.05) is 0 Å². The van der Waals surface area contributed by atoms with Crippen molar-refractivity contribution in [3.8, 4) is 11.8 Å². The summed E-state index contributed by atoms with van der Waals surface area (Å²) in [6.45, 7) is 0. The average Bonchev–Trinajstić information content (AvgIpc) is 2.20. The molecule has 1 aromatic carbocycles. The van der Waals surface area contributed by atoms with Crippen LogP contribution in [0.4, 0.5) is 8.78 Å². The molecule has 0 N–H and O–H groups in total. The second kappa shape index (κ2) is 5.05. The summed E-state index contributed by atoms with van der Waals surface area (Å²) in [4.78, 5) is 11.0. The van der Waals surface area contributed by atoms with Crippen LogP contribution < -0.4 is 4.74 Å². The molecule has 0 aliphatic rings. The lowest BCUT2D eigenvalue weighted by Crippen LogP contribution is -2.07. The number of hydrogen-bond donors (Lipinski definition) is 0. The second-order valence-corrected chi connectivity index (χ2v) is 2.71. The van der Waals surface area contributed by atoms with Crippen LogP contribution in [0.15, 0.2) is 18.2 Å². The number of nitrogens with zero attached hydrogens (tertiary/aromatic N) is 1. The lowest BCUT2D eigenvalue weighted by atomic mass is 10.3. The fourth-order valence-electron chi connectivity index (χ4n) is 0.881. The van der Waals surface area contributed by atoms with E-state index < -0.39 is 17.6 Å². The number of rotatable bonds is 3. The number of halogens is 2. The van der Waals surface area contributed by atoms with Crippen molar-refractivity contribution in [2.45, 2.75) is 12.8 Å². The van der Waals surface area contributed by atoms with Gasteiger partial charge in [-0.25, -0.2) is 8.78 Å². The van der Waals surface area contributed by atoms with Crippen LogP contribution in [0, 0.1) is 23.0 Å². The van der Waals surface area contributed by atoms with E-state index in [1.165, 1.54) is 0 Å². The molecule has 0 saturated heterocycles. The highest BCUT2D eigenvalue weighted by Gasteiger charge is 2.07. The molecule has 0 radical (unpaired) electrons. The molecule has 0 atom stereocenters. The van der Waals surface area contributed by atoms with Gasteiger partial charge in [0.25, 0.3) is 0 Å². The number of carbonyl (C=O) groups excluding carboxylic acids is 1. The van der Waals surface area contributed by atoms with Crippen molar-refractivity contribution in [2.24, 2.45) is 0 Å². The summed E-state index contributed by atoms with van der Waals surface area (Å²) >= 11 is 0. The Labute approximate surface area is 84.9 Å². The van der Waals surface area contributed by atoms with E-state index >= 15 is 0 Å². The van der Waals surface area contributed by atoms with Crippen molar-refractivity contribution in [2.75, 3.05) is 0 Å². The van der Waals surface area contributed by atoms with E-state index in [0.29, 0.717) is 0 Å². The lowest BCUT2D eigenvalue weighted by molar-refractivity contribution is -0.134. The molecule has 5 heteroatoms. The smallest absolute Gasteiger partial charge is 0.312 e. The molecule has 15 heavy (non-hydrogen) atoms. The molecular weight excluding hydrogens is 204 g/mol. The zero-order valence-corrected chi connectivity index (χ0v) is 7.67. The van der Waals surface area contributed by atoms with Crippen molar-refractivity contribution >= 4 is 5.97 Å². The molecule has 0 unspecified atom stereocenters. The highest BCUT2D eigenvalue weighted by atomic mass is 19.2. The van der Waals surface area contributed by atoms with Crippen LogP contribution in [0.1, 0.15) is 12.8 Å². The highest BCUT2D eigenvalue weighted by Crippen LogP contribution is 2.15. The molecule has 0 fully saturated rings. The van der Waals surface area contributed by atoms with Gasteiger partial charge in [-0.3, -0.25) is 4.79 Å². The summed E-state index contributed by atoms with van der Waals surface area (Å²) in [5.74, 6) is -2.81. The monoisotopic (exact) mass is 211 g/mol. The maximum atomic E-state index is 12.7. The van der Waals surface area contributed by atoms with E-state index in [9.17, 15) is 13.6 Å². The van der Waals surface area contributed by atoms with Crippen LogP contribution in [0.25, 0.3) is 0 Å². The summed E-state index contributed by atoms with van der Waals surface area (Å²) in [6.07, 6.45) is -0.0436. The Morgan fingerprint density at radius 3 is 2.73 bits per heavy atom. The van der Waals surface area contributed by atoms with Gasteiger partial charge in [0.2, 0.25) is 0 Å². The van der Waals surface area contributed by atoms with Gasteiger partial charge in [0.15, 0.2) is 11.6 Å². The molecule has 0 aromatic heterocycles. The number of ether oxygens (including phenoxy) is 1. The lowest BCUT2D eigenvalue weighted by Gasteiger charge is -2.02. The zero-order valence-electron chi connectivity index (χ0n) is 7.67. The van der Waals surface area contributed by atoms with Crippen LogP contribution >= 0.6 is 0 Å². The molecule has 3 nitrogen and oxygen atoms in total. The second-order valence-electron chi connectivity index (χ2n) is 2.71. The Morgan fingerprint density at radius 2 is 2.13 bits per heavy atom. The fourth-order valence-corrected chi connectivity index (χ4v) is 0.881. The van der Waals surface area contributed by atoms with Crippen molar-refractivity contribution in [1.29, 1.82) is 5.26 Å². The summed E-state index contributed by atoms with van der Waals surface area (Å²) in [5.41, 5.74) is 0. The van der Waals surface area contributed by atoms with E-state index in [1.54, 1.807) is 6.07 Å². The fraction of sp³-hybridized carbons (Fsp3) is 0.200. The molecule has 1 aromatic rings. The first-order valence-corrected chi connectivity index (χ1v) is 4.16. The third-order valence-corrected chi connectivity index (χ3v) is 1.56. The molecule has 78 valence electrons. The van der Waals surface area contributed by atoms with E-state index in [-0.39, 0.29) is 18.6 Å². The van der Waals surface area contributed by atoms with Gasteiger partial charge in [-0.15, -0.1) is 0 Å². The highest BCUT2D eigenvalue weighted by molar-refractivity contribution is 5.72. The van der Waals surface area contributed by atoms with Crippen LogP contribution in [0.5, 0.6) is 5.75 Å². The number of benzene rings is 1. The predicted molar refractivity (Wildman–Crippen MR) is 46.8 cm³/mol. The predicted octanol–water partition coefficient (Wildman–Crippen LogP) is 2.17. The van der Waals surface area contributed by atoms with Gasteiger partial charge in [-0.1, -0.05) is 0 Å². The minimum Gasteiger partial charge on any atom is -0.426 e. The van der Waals surface area contributed by atoms with Gasteiger partial charge in [-0.2, -0.15) is 5.26 Å². The van der Waals surface area contributed by atoms with Gasteiger partial charge >= 0.3 is 5.97 Å². The Morgan fingerprint density at radius 1 is 1.40 bits per heavy atom. The van der Waals surface area contributed by atoms with Gasteiger partial charge in [0.05, 0.1) is 12.5 Å². The number of hydrogen-bond acceptors (Lipinski definition) is 3. The molecule has 0 aliphatic heterocycles. The molecule has 0 amide bonds. The molecule has 0 heterocycles. The van der Waals surface area contributed by atoms with E-state index in [2.05, 4.69) is 4.74 Å². The molecule has 0 saturated carbocycles. The Kier molecular flexibility index (Phi) is 3.75. The van der Waals surface area contributed by atoms with Gasteiger partial charge in [0, 0.05) is 12.5 Å². The standard InChI is InChI=1S/C10H7F2NO2/c11-8-4-3-7(6-9(8)12)15-10(14)2-1-5-13/h3-4,6H,1-2H2. The SMILES string of the molecule is N#CCCC(=O)Oc1ccc(F)c(F)c1. The molecular formula is C10H7F2NO2. The number of esters is 1. The molecule has 0 spiro atoms. The summed E-state index contributed by atoms with van der Waals surface area (Å²) in [5, 5.41) is 8.19. The van der Waals surface area contributed by atoms with Crippen molar-refractivity contribution in [1.82, 2.24) is 0 Å². The normalized spacial score (nSPS) is 9.40. The molecule has 0 aliphatic carbocycles. The largest absolute Gasteiger partial charge is 0.426 e. The summed E-state index contributed by atoms with van der Waals surface area (Å²) in [7, 11) is 0. The maximum absolute atomic E-state index is 12.7. The number of carbonyl (C=O) groups is 1. The van der Waals surface area contributed by atoms with Gasteiger partial charge in [0.1, 0.15) is 5.75 Å². The van der Waals surface area contributed by atoms with Crippen molar-refractivity contribution < 1.29 is 18.3 Å². The van der Waals surface area contributed by atoms with Crippen molar-refractivity contribution in [3.63, 3.8) is 0 Å². The topological polar surface area (TPSA) is 50.1 Å². The number of nitriles is 1. The van der Waals surface area contributed by atoms with Crippen LogP contribution in [-0.2, 0) is 4.79 Å². The first-order chi connectivity index (χ1) is 7.13. The third-order valence-electron chi connectivity index (χ3n) is 1.56. The van der Waals surface area contributed by atoms with Crippen molar-refractivity contribution in [3.05, 3.63) is 29.8 Å². The summed E-state index contributed by atoms with van der Waals surface area (Å²) in [6, 6.07) is 4.55. The van der Waals surface area contributed by atoms with Gasteiger partial charge in [-0.05, 0) is 12.1 Å². The first-order valence-electron chi connectivity index (χ1n) is 4.16. The molecule has 0 bridgehead atoms. The van der Waals surface area contributed by atoms with Crippen LogP contribution in [0.3, 0.4) is 0 Å². The molecule has 1 rings (SSSR count). The maximum Gasteiger partial charge on any atom is 0.312 e. The summed E-state index contributed by atoms with van der Waals surface area (Å²) < 4.78 is 29.8. The Hall–Kier alpha value is -1.96. The Bertz CT molecular complexity index is 412. The van der Waals surface area contributed by atoms with Gasteiger partial charge < -0.3 is 4.74 Å². The van der Waals surface area contributed by atoms with E-state index in [4.69, 9.17) is 5.26 Å². The first kappa shape index (κ1) is 11.1. The minimum atomic E-state index is -1.08. The van der Waals surface area contributed by atoms with E-state index in [0.717, 1.165) is 18.2 Å². The van der Waals surface area contributed by atoms with Crippen LogP contribution in [0.2, 0.25) is 0 Å². The Balaban J connectivity index is 2.62. The minimum absolute atomic E-state index is 0.0303. The van der Waals surface area contributed by atoms with Crippen LogP contribution in [-0.4, -0.2) is 5.97 Å². The average molecular weight is 211 g/mol.